The number of rotatable bonds is 15. The topological polar surface area (TPSA) is 181 Å². The maximum Gasteiger partial charge on any atom is 0.315 e. The molecule has 0 saturated carbocycles. The minimum absolute atomic E-state index is 0.0700. The van der Waals surface area contributed by atoms with Gasteiger partial charge in [0.05, 0.1) is 20.3 Å². The van der Waals surface area contributed by atoms with Crippen molar-refractivity contribution in [2.45, 2.75) is 64.9 Å². The minimum atomic E-state index is -1.52. The quantitative estimate of drug-likeness (QED) is 0.188. The molecule has 0 aromatic heterocycles. The lowest BCUT2D eigenvalue weighted by atomic mass is 10.0. The Kier molecular flexibility index (Phi) is 12.9. The molecule has 0 spiro atoms. The van der Waals surface area contributed by atoms with Crippen molar-refractivity contribution in [2.24, 2.45) is 11.7 Å². The number of hydrogen-bond donors (Lipinski definition) is 6. The number of nitrogens with two attached hydrogens (primary N) is 1. The van der Waals surface area contributed by atoms with Gasteiger partial charge in [-0.25, -0.2) is 4.79 Å². The summed E-state index contributed by atoms with van der Waals surface area (Å²) in [5.74, 6) is -0.540. The van der Waals surface area contributed by atoms with E-state index < -0.39 is 41.9 Å². The van der Waals surface area contributed by atoms with E-state index in [1.54, 1.807) is 49.4 Å². The monoisotopic (exact) mass is 571 g/mol. The van der Waals surface area contributed by atoms with Crippen molar-refractivity contribution in [3.8, 4) is 11.5 Å². The lowest BCUT2D eigenvalue weighted by molar-refractivity contribution is -0.132. The van der Waals surface area contributed by atoms with Gasteiger partial charge in [0.25, 0.3) is 5.91 Å². The van der Waals surface area contributed by atoms with Crippen molar-refractivity contribution in [3.05, 3.63) is 59.2 Å². The predicted octanol–water partition coefficient (Wildman–Crippen LogP) is 1.59. The molecule has 2 aromatic rings. The number of methoxy groups -OCH3 is 2. The van der Waals surface area contributed by atoms with E-state index in [2.05, 4.69) is 21.3 Å². The number of aliphatic hydroxyl groups is 1. The normalized spacial score (nSPS) is 13.0. The first-order valence-corrected chi connectivity index (χ1v) is 13.4. The average molecular weight is 572 g/mol. The van der Waals surface area contributed by atoms with Crippen LogP contribution in [-0.2, 0) is 22.7 Å². The van der Waals surface area contributed by atoms with Gasteiger partial charge in [-0.2, -0.15) is 0 Å². The Morgan fingerprint density at radius 1 is 0.854 bits per heavy atom. The van der Waals surface area contributed by atoms with Crippen LogP contribution >= 0.6 is 0 Å². The SMILES string of the molecule is CCC(NC(=O)C(CC(C)C)NC(=O)NCc1ccc(C(N)=O)cc1)C(O)C(=O)NCc1cc(OC)cc(OC)c1. The third-order valence-electron chi connectivity index (χ3n) is 6.32. The number of carbonyl (C=O) groups is 4. The third-order valence-corrected chi connectivity index (χ3v) is 6.32. The van der Waals surface area contributed by atoms with E-state index in [1.807, 2.05) is 13.8 Å². The van der Waals surface area contributed by atoms with Crippen molar-refractivity contribution in [3.63, 3.8) is 0 Å². The molecule has 0 radical (unpaired) electrons. The number of hydrogen-bond acceptors (Lipinski definition) is 7. The molecule has 0 aliphatic heterocycles. The molecule has 12 nitrogen and oxygen atoms in total. The van der Waals surface area contributed by atoms with Crippen molar-refractivity contribution >= 4 is 23.8 Å². The first-order valence-electron chi connectivity index (χ1n) is 13.4. The van der Waals surface area contributed by atoms with Crippen molar-refractivity contribution in [1.82, 2.24) is 21.3 Å². The highest BCUT2D eigenvalue weighted by Crippen LogP contribution is 2.22. The lowest BCUT2D eigenvalue weighted by Gasteiger charge is -2.26. The van der Waals surface area contributed by atoms with Crippen LogP contribution in [0.1, 0.15) is 55.1 Å². The Bertz CT molecular complexity index is 1160. The number of benzene rings is 2. The predicted molar refractivity (Wildman–Crippen MR) is 153 cm³/mol. The van der Waals surface area contributed by atoms with Gasteiger partial charge in [-0.1, -0.05) is 32.9 Å². The minimum Gasteiger partial charge on any atom is -0.497 e. The van der Waals surface area contributed by atoms with E-state index in [9.17, 15) is 24.3 Å². The molecule has 0 fully saturated rings. The summed E-state index contributed by atoms with van der Waals surface area (Å²) in [6, 6.07) is 9.28. The number of ether oxygens (including phenoxy) is 2. The first kappa shape index (κ1) is 32.9. The molecule has 0 heterocycles. The molecule has 2 aromatic carbocycles. The van der Waals surface area contributed by atoms with Gasteiger partial charge in [-0.15, -0.1) is 0 Å². The Morgan fingerprint density at radius 3 is 1.95 bits per heavy atom. The first-order chi connectivity index (χ1) is 19.5. The molecule has 12 heteroatoms. The highest BCUT2D eigenvalue weighted by Gasteiger charge is 2.30. The summed E-state index contributed by atoms with van der Waals surface area (Å²) in [6.45, 7) is 5.82. The van der Waals surface area contributed by atoms with Crippen LogP contribution in [0.3, 0.4) is 0 Å². The average Bonchev–Trinajstić information content (AvgIpc) is 2.96. The molecule has 2 rings (SSSR count). The number of carbonyl (C=O) groups excluding carboxylic acids is 4. The number of nitrogens with one attached hydrogen (secondary N) is 4. The zero-order valence-electron chi connectivity index (χ0n) is 24.2. The Hall–Kier alpha value is -4.32. The van der Waals surface area contributed by atoms with Crippen molar-refractivity contribution < 1.29 is 33.8 Å². The van der Waals surface area contributed by atoms with Crippen LogP contribution < -0.4 is 36.5 Å². The van der Waals surface area contributed by atoms with Gasteiger partial charge >= 0.3 is 6.03 Å². The van der Waals surface area contributed by atoms with Gasteiger partial charge in [-0.05, 0) is 54.2 Å². The van der Waals surface area contributed by atoms with Gasteiger partial charge in [0, 0.05) is 24.7 Å². The summed E-state index contributed by atoms with van der Waals surface area (Å²) < 4.78 is 10.5. The standard InChI is InChI=1S/C29H41N5O7/c1-6-23(25(35)28(38)31-16-19-12-21(40-4)14-22(13-19)41-5)33-27(37)24(11-17(2)3)34-29(39)32-15-18-7-9-20(10-8-18)26(30)36/h7-10,12-14,17,23-25,35H,6,11,15-16H2,1-5H3,(H2,30,36)(H,31,38)(H,33,37)(H2,32,34,39). The number of aliphatic hydroxyl groups excluding tert-OH is 1. The zero-order valence-corrected chi connectivity index (χ0v) is 24.2. The second kappa shape index (κ2) is 16.1. The molecule has 41 heavy (non-hydrogen) atoms. The van der Waals surface area contributed by atoms with Crippen LogP contribution in [0, 0.1) is 5.92 Å². The Labute approximate surface area is 240 Å². The van der Waals surface area contributed by atoms with Crippen LogP contribution in [0.5, 0.6) is 11.5 Å². The van der Waals surface area contributed by atoms with E-state index >= 15 is 0 Å². The summed E-state index contributed by atoms with van der Waals surface area (Å²) >= 11 is 0. The van der Waals surface area contributed by atoms with Crippen molar-refractivity contribution in [2.75, 3.05) is 14.2 Å². The maximum atomic E-state index is 13.1. The van der Waals surface area contributed by atoms with Gasteiger partial charge in [0.1, 0.15) is 17.5 Å². The smallest absolute Gasteiger partial charge is 0.315 e. The highest BCUT2D eigenvalue weighted by molar-refractivity contribution is 5.92. The van der Waals surface area contributed by atoms with E-state index in [1.165, 1.54) is 14.2 Å². The van der Waals surface area contributed by atoms with E-state index in [-0.39, 0.29) is 25.4 Å². The van der Waals surface area contributed by atoms with Gasteiger partial charge < -0.3 is 41.6 Å². The largest absolute Gasteiger partial charge is 0.497 e. The molecular formula is C29H41N5O7. The number of amides is 5. The zero-order chi connectivity index (χ0) is 30.5. The Morgan fingerprint density at radius 2 is 1.44 bits per heavy atom. The molecule has 0 bridgehead atoms. The third kappa shape index (κ3) is 10.6. The molecule has 3 atom stereocenters. The van der Waals surface area contributed by atoms with Crippen molar-refractivity contribution in [1.29, 1.82) is 0 Å². The van der Waals surface area contributed by atoms with Gasteiger partial charge in [-0.3, -0.25) is 14.4 Å². The highest BCUT2D eigenvalue weighted by atomic mass is 16.5. The van der Waals surface area contributed by atoms with Gasteiger partial charge in [0.2, 0.25) is 11.8 Å². The molecule has 0 aliphatic carbocycles. The van der Waals surface area contributed by atoms with Crippen LogP contribution in [0.25, 0.3) is 0 Å². The summed E-state index contributed by atoms with van der Waals surface area (Å²) in [5.41, 5.74) is 7.04. The summed E-state index contributed by atoms with van der Waals surface area (Å²) in [6.07, 6.45) is -0.911. The van der Waals surface area contributed by atoms with E-state index in [4.69, 9.17) is 15.2 Å². The maximum absolute atomic E-state index is 13.1. The summed E-state index contributed by atoms with van der Waals surface area (Å²) in [4.78, 5) is 49.7. The second-order valence-corrected chi connectivity index (χ2v) is 9.98. The summed E-state index contributed by atoms with van der Waals surface area (Å²) in [5, 5.41) is 21.4. The molecule has 224 valence electrons. The second-order valence-electron chi connectivity index (χ2n) is 9.98. The van der Waals surface area contributed by atoms with Gasteiger partial charge in [0.15, 0.2) is 6.10 Å². The van der Waals surface area contributed by atoms with Crippen LogP contribution in [0.15, 0.2) is 42.5 Å². The molecule has 7 N–H and O–H groups in total. The molecule has 0 aliphatic rings. The molecule has 5 amide bonds. The fraction of sp³-hybridized carbons (Fsp3) is 0.448. The summed E-state index contributed by atoms with van der Waals surface area (Å²) in [7, 11) is 3.04. The van der Waals surface area contributed by atoms with Crippen LogP contribution in [-0.4, -0.2) is 61.3 Å². The molecule has 3 unspecified atom stereocenters. The van der Waals surface area contributed by atoms with E-state index in [0.29, 0.717) is 29.0 Å². The fourth-order valence-corrected chi connectivity index (χ4v) is 4.01. The number of urea groups is 1. The molecule has 0 saturated heterocycles. The van der Waals surface area contributed by atoms with E-state index in [0.717, 1.165) is 5.56 Å². The number of primary amides is 1. The van der Waals surface area contributed by atoms with Crippen LogP contribution in [0.2, 0.25) is 0 Å². The fourth-order valence-electron chi connectivity index (χ4n) is 4.01. The van der Waals surface area contributed by atoms with Crippen LogP contribution in [0.4, 0.5) is 4.79 Å². The Balaban J connectivity index is 1.97. The lowest BCUT2D eigenvalue weighted by Crippen LogP contribution is -2.56. The molecular weight excluding hydrogens is 530 g/mol.